The highest BCUT2D eigenvalue weighted by molar-refractivity contribution is 6.37. The fraction of sp³-hybridized carbons (Fsp3) is 0.200. The Hall–Kier alpha value is -1.26. The molecule has 1 aliphatic rings. The Morgan fingerprint density at radius 1 is 1.50 bits per heavy atom. The quantitative estimate of drug-likeness (QED) is 0.888. The fourth-order valence-electron chi connectivity index (χ4n) is 1.39. The van der Waals surface area contributed by atoms with Crippen LogP contribution in [-0.2, 0) is 9.63 Å². The lowest BCUT2D eigenvalue weighted by atomic mass is 10.1. The van der Waals surface area contributed by atoms with Gasteiger partial charge in [0, 0.05) is 17.0 Å². The van der Waals surface area contributed by atoms with E-state index < -0.39 is 12.1 Å². The number of hydrogen-bond donors (Lipinski definition) is 1. The van der Waals surface area contributed by atoms with Gasteiger partial charge in [-0.2, -0.15) is 0 Å². The molecule has 0 bridgehead atoms. The van der Waals surface area contributed by atoms with Crippen LogP contribution < -0.4 is 0 Å². The van der Waals surface area contributed by atoms with Gasteiger partial charge in [0.25, 0.3) is 0 Å². The van der Waals surface area contributed by atoms with Gasteiger partial charge in [-0.1, -0.05) is 34.4 Å². The van der Waals surface area contributed by atoms with Crippen molar-refractivity contribution in [3.05, 3.63) is 33.8 Å². The van der Waals surface area contributed by atoms with Gasteiger partial charge in [0.1, 0.15) is 0 Å². The summed E-state index contributed by atoms with van der Waals surface area (Å²) in [6.45, 7) is 0. The van der Waals surface area contributed by atoms with E-state index in [0.717, 1.165) is 0 Å². The number of carbonyl (C=O) groups is 1. The first-order valence-electron chi connectivity index (χ1n) is 4.49. The van der Waals surface area contributed by atoms with Crippen LogP contribution in [0.5, 0.6) is 0 Å². The monoisotopic (exact) mass is 259 g/mol. The molecule has 0 amide bonds. The number of rotatable bonds is 2. The summed E-state index contributed by atoms with van der Waals surface area (Å²) in [5.41, 5.74) is 1.17. The van der Waals surface area contributed by atoms with Crippen molar-refractivity contribution in [1.82, 2.24) is 0 Å². The molecule has 0 saturated heterocycles. The van der Waals surface area contributed by atoms with Gasteiger partial charge < -0.3 is 9.94 Å². The molecule has 6 heteroatoms. The van der Waals surface area contributed by atoms with E-state index in [9.17, 15) is 4.79 Å². The molecule has 0 aromatic heterocycles. The average Bonchev–Trinajstić information content (AvgIpc) is 2.66. The van der Waals surface area contributed by atoms with Crippen molar-refractivity contribution in [1.29, 1.82) is 0 Å². The van der Waals surface area contributed by atoms with Crippen LogP contribution in [0, 0.1) is 0 Å². The van der Waals surface area contributed by atoms with Crippen molar-refractivity contribution < 1.29 is 14.7 Å². The van der Waals surface area contributed by atoms with E-state index in [4.69, 9.17) is 33.1 Å². The number of nitrogens with zero attached hydrogens (tertiary/aromatic N) is 1. The predicted octanol–water partition coefficient (Wildman–Crippen LogP) is 2.57. The molecular formula is C10H7Cl2NO3. The maximum absolute atomic E-state index is 10.7. The van der Waals surface area contributed by atoms with Crippen LogP contribution in [-0.4, -0.2) is 22.9 Å². The van der Waals surface area contributed by atoms with Crippen molar-refractivity contribution in [2.24, 2.45) is 5.16 Å². The Bertz CT molecular complexity index is 473. The fourth-order valence-corrected chi connectivity index (χ4v) is 1.91. The lowest BCUT2D eigenvalue weighted by molar-refractivity contribution is -0.148. The zero-order valence-corrected chi connectivity index (χ0v) is 9.50. The molecule has 1 atom stereocenters. The highest BCUT2D eigenvalue weighted by Gasteiger charge is 2.29. The largest absolute Gasteiger partial charge is 0.478 e. The molecule has 2 rings (SSSR count). The summed E-state index contributed by atoms with van der Waals surface area (Å²) in [5, 5.41) is 13.4. The minimum atomic E-state index is -1.04. The lowest BCUT2D eigenvalue weighted by Gasteiger charge is -2.02. The molecule has 4 nitrogen and oxygen atoms in total. The van der Waals surface area contributed by atoms with Crippen molar-refractivity contribution >= 4 is 34.9 Å². The Labute approximate surface area is 101 Å². The number of hydrogen-bond acceptors (Lipinski definition) is 3. The molecule has 0 fully saturated rings. The van der Waals surface area contributed by atoms with Gasteiger partial charge in [-0.05, 0) is 12.1 Å². The highest BCUT2D eigenvalue weighted by atomic mass is 35.5. The van der Waals surface area contributed by atoms with Gasteiger partial charge in [-0.15, -0.1) is 0 Å². The van der Waals surface area contributed by atoms with Gasteiger partial charge >= 0.3 is 5.97 Å². The van der Waals surface area contributed by atoms with E-state index in [1.807, 2.05) is 0 Å². The molecule has 1 aromatic rings. The topological polar surface area (TPSA) is 58.9 Å². The zero-order valence-electron chi connectivity index (χ0n) is 7.98. The molecule has 1 heterocycles. The predicted molar refractivity (Wildman–Crippen MR) is 60.1 cm³/mol. The normalized spacial score (nSPS) is 19.1. The Kier molecular flexibility index (Phi) is 3.03. The molecular weight excluding hydrogens is 253 g/mol. The van der Waals surface area contributed by atoms with E-state index in [0.29, 0.717) is 21.3 Å². The minimum Gasteiger partial charge on any atom is -0.478 e. The summed E-state index contributed by atoms with van der Waals surface area (Å²) >= 11 is 11.7. The molecule has 0 aliphatic carbocycles. The van der Waals surface area contributed by atoms with Crippen molar-refractivity contribution in [2.45, 2.75) is 12.5 Å². The first kappa shape index (κ1) is 11.2. The van der Waals surface area contributed by atoms with Crippen LogP contribution in [0.4, 0.5) is 0 Å². The molecule has 84 valence electrons. The molecule has 0 unspecified atom stereocenters. The van der Waals surface area contributed by atoms with Crippen LogP contribution >= 0.6 is 23.2 Å². The van der Waals surface area contributed by atoms with Crippen molar-refractivity contribution in [3.8, 4) is 0 Å². The van der Waals surface area contributed by atoms with Crippen LogP contribution in [0.25, 0.3) is 0 Å². The molecule has 1 aromatic carbocycles. The number of carboxylic acids is 1. The lowest BCUT2D eigenvalue weighted by Crippen LogP contribution is -2.19. The van der Waals surface area contributed by atoms with Crippen LogP contribution in [0.15, 0.2) is 23.4 Å². The van der Waals surface area contributed by atoms with Crippen LogP contribution in [0.3, 0.4) is 0 Å². The first-order chi connectivity index (χ1) is 7.58. The molecule has 16 heavy (non-hydrogen) atoms. The van der Waals surface area contributed by atoms with Gasteiger partial charge in [0.05, 0.1) is 10.7 Å². The standard InChI is InChI=1S/C10H7Cl2NO3/c11-5-1-2-6(7(12)3-5)8-4-9(10(14)15)16-13-8/h1-3,9H,4H2,(H,14,15)/t9-/m0/s1. The average molecular weight is 260 g/mol. The summed E-state index contributed by atoms with van der Waals surface area (Å²) < 4.78 is 0. The van der Waals surface area contributed by atoms with Crippen molar-refractivity contribution in [3.63, 3.8) is 0 Å². The molecule has 0 saturated carbocycles. The second kappa shape index (κ2) is 4.31. The third-order valence-electron chi connectivity index (χ3n) is 2.19. The van der Waals surface area contributed by atoms with Gasteiger partial charge in [-0.25, -0.2) is 4.79 Å². The summed E-state index contributed by atoms with van der Waals surface area (Å²) in [5.74, 6) is -1.04. The van der Waals surface area contributed by atoms with Crippen LogP contribution in [0.1, 0.15) is 12.0 Å². The second-order valence-electron chi connectivity index (χ2n) is 3.30. The minimum absolute atomic E-state index is 0.205. The van der Waals surface area contributed by atoms with Crippen molar-refractivity contribution in [2.75, 3.05) is 0 Å². The summed E-state index contributed by atoms with van der Waals surface area (Å²) in [7, 11) is 0. The second-order valence-corrected chi connectivity index (χ2v) is 4.14. The van der Waals surface area contributed by atoms with E-state index in [1.54, 1.807) is 18.2 Å². The summed E-state index contributed by atoms with van der Waals surface area (Å²) in [6.07, 6.45) is -0.724. The molecule has 1 aliphatic heterocycles. The van der Waals surface area contributed by atoms with Gasteiger partial charge in [0.2, 0.25) is 6.10 Å². The maximum Gasteiger partial charge on any atom is 0.348 e. The number of carboxylic acid groups (broad SMARTS) is 1. The number of aliphatic carboxylic acids is 1. The third kappa shape index (κ3) is 2.13. The Morgan fingerprint density at radius 3 is 2.81 bits per heavy atom. The Balaban J connectivity index is 2.24. The maximum atomic E-state index is 10.7. The molecule has 0 radical (unpaired) electrons. The van der Waals surface area contributed by atoms with E-state index >= 15 is 0 Å². The summed E-state index contributed by atoms with van der Waals surface area (Å²) in [4.78, 5) is 15.4. The Morgan fingerprint density at radius 2 is 2.25 bits per heavy atom. The first-order valence-corrected chi connectivity index (χ1v) is 5.24. The summed E-state index contributed by atoms with van der Waals surface area (Å²) in [6, 6.07) is 4.94. The molecule has 0 spiro atoms. The van der Waals surface area contributed by atoms with E-state index in [2.05, 4.69) is 5.16 Å². The number of benzene rings is 1. The van der Waals surface area contributed by atoms with E-state index in [-0.39, 0.29) is 6.42 Å². The van der Waals surface area contributed by atoms with Crippen LogP contribution in [0.2, 0.25) is 10.0 Å². The van der Waals surface area contributed by atoms with E-state index in [1.165, 1.54) is 0 Å². The smallest absolute Gasteiger partial charge is 0.348 e. The SMILES string of the molecule is O=C(O)[C@@H]1CC(c2ccc(Cl)cc2Cl)=NO1. The zero-order chi connectivity index (χ0) is 11.7. The highest BCUT2D eigenvalue weighted by Crippen LogP contribution is 2.25. The van der Waals surface area contributed by atoms with Gasteiger partial charge in [0.15, 0.2) is 0 Å². The molecule has 1 N–H and O–H groups in total. The number of halogens is 2. The van der Waals surface area contributed by atoms with Gasteiger partial charge in [-0.3, -0.25) is 0 Å². The number of oxime groups is 1. The third-order valence-corrected chi connectivity index (χ3v) is 2.73.